The lowest BCUT2D eigenvalue weighted by Gasteiger charge is -2.29. The molecule has 7 heteroatoms. The minimum atomic E-state index is 0. The van der Waals surface area contributed by atoms with Gasteiger partial charge in [-0.3, -0.25) is 14.6 Å². The van der Waals surface area contributed by atoms with E-state index >= 15 is 0 Å². The van der Waals surface area contributed by atoms with Crippen molar-refractivity contribution >= 4 is 29.9 Å². The summed E-state index contributed by atoms with van der Waals surface area (Å²) in [5.74, 6) is 0.845. The largest absolute Gasteiger partial charge is 0.354 e. The third kappa shape index (κ3) is 5.97. The summed E-state index contributed by atoms with van der Waals surface area (Å²) in [6.07, 6.45) is 4.51. The molecule has 0 bridgehead atoms. The monoisotopic (exact) mass is 524 g/mol. The van der Waals surface area contributed by atoms with E-state index in [4.69, 9.17) is 0 Å². The predicted molar refractivity (Wildman–Crippen MR) is 136 cm³/mol. The number of aliphatic imine (C=N–C) groups is 1. The zero-order valence-electron chi connectivity index (χ0n) is 18.8. The van der Waals surface area contributed by atoms with Crippen LogP contribution in [0.1, 0.15) is 55.2 Å². The van der Waals surface area contributed by atoms with Crippen molar-refractivity contribution in [3.8, 4) is 0 Å². The molecule has 2 aromatic rings. The molecule has 0 amide bonds. The smallest absolute Gasteiger partial charge is 0.191 e. The molecular formula is C23H37IN6. The average Bonchev–Trinajstić information content (AvgIpc) is 3.38. The van der Waals surface area contributed by atoms with Gasteiger partial charge in [-0.1, -0.05) is 44.2 Å². The quantitative estimate of drug-likeness (QED) is 0.315. The number of benzene rings is 1. The second-order valence-electron chi connectivity index (χ2n) is 7.68. The van der Waals surface area contributed by atoms with Gasteiger partial charge < -0.3 is 10.6 Å². The number of halogens is 1. The number of guanidine groups is 1. The third-order valence-corrected chi connectivity index (χ3v) is 5.91. The molecule has 1 aromatic heterocycles. The van der Waals surface area contributed by atoms with E-state index in [9.17, 15) is 0 Å². The van der Waals surface area contributed by atoms with Gasteiger partial charge in [0.25, 0.3) is 0 Å². The number of rotatable bonds is 8. The van der Waals surface area contributed by atoms with Gasteiger partial charge in [-0.05, 0) is 44.3 Å². The number of nitrogens with one attached hydrogen (secondary N) is 2. The molecule has 166 valence electrons. The van der Waals surface area contributed by atoms with E-state index in [2.05, 4.69) is 69.8 Å². The van der Waals surface area contributed by atoms with Crippen molar-refractivity contribution in [2.45, 2.75) is 52.1 Å². The normalized spacial score (nSPS) is 15.7. The summed E-state index contributed by atoms with van der Waals surface area (Å²) in [6, 6.07) is 11.2. The van der Waals surface area contributed by atoms with E-state index in [1.54, 1.807) is 0 Å². The van der Waals surface area contributed by atoms with Crippen molar-refractivity contribution in [1.29, 1.82) is 0 Å². The van der Waals surface area contributed by atoms with E-state index in [-0.39, 0.29) is 24.0 Å². The molecule has 0 spiro atoms. The van der Waals surface area contributed by atoms with Crippen LogP contribution in [0.25, 0.3) is 0 Å². The van der Waals surface area contributed by atoms with E-state index in [1.165, 1.54) is 48.4 Å². The first-order valence-corrected chi connectivity index (χ1v) is 10.9. The van der Waals surface area contributed by atoms with E-state index < -0.39 is 0 Å². The van der Waals surface area contributed by atoms with Crippen LogP contribution in [0, 0.1) is 0 Å². The Hall–Kier alpha value is -1.61. The summed E-state index contributed by atoms with van der Waals surface area (Å²) in [5, 5.41) is 11.8. The zero-order valence-corrected chi connectivity index (χ0v) is 21.1. The molecule has 1 aromatic carbocycles. The maximum atomic E-state index is 4.68. The molecule has 2 N–H and O–H groups in total. The molecule has 1 unspecified atom stereocenters. The van der Waals surface area contributed by atoms with E-state index in [1.807, 2.05) is 18.8 Å². The molecule has 2 heterocycles. The SMILES string of the molecule is CCc1nn(C)c(CC)c1CNC(=NC)NCC(c1ccccc1)N1CCCC1.I. The Bertz CT molecular complexity index is 796. The summed E-state index contributed by atoms with van der Waals surface area (Å²) in [7, 11) is 3.88. The zero-order chi connectivity index (χ0) is 20.6. The molecular weight excluding hydrogens is 487 g/mol. The Kier molecular flexibility index (Phi) is 10.1. The summed E-state index contributed by atoms with van der Waals surface area (Å²) in [5.41, 5.74) is 5.14. The van der Waals surface area contributed by atoms with E-state index in [0.29, 0.717) is 6.04 Å². The first-order valence-electron chi connectivity index (χ1n) is 10.9. The van der Waals surface area contributed by atoms with Crippen LogP contribution in [0.2, 0.25) is 0 Å². The highest BCUT2D eigenvalue weighted by molar-refractivity contribution is 14.0. The molecule has 6 nitrogen and oxygen atoms in total. The van der Waals surface area contributed by atoms with Gasteiger partial charge in [0, 0.05) is 38.4 Å². The van der Waals surface area contributed by atoms with Crippen molar-refractivity contribution in [2.75, 3.05) is 26.7 Å². The number of hydrogen-bond acceptors (Lipinski definition) is 3. The number of aryl methyl sites for hydroxylation is 2. The summed E-state index contributed by atoms with van der Waals surface area (Å²) >= 11 is 0. The fourth-order valence-electron chi connectivity index (χ4n) is 4.37. The second kappa shape index (κ2) is 12.3. The van der Waals surface area contributed by atoms with Crippen LogP contribution in [-0.2, 0) is 26.4 Å². The van der Waals surface area contributed by atoms with Crippen LogP contribution in [0.3, 0.4) is 0 Å². The molecule has 1 saturated heterocycles. The predicted octanol–water partition coefficient (Wildman–Crippen LogP) is 3.67. The highest BCUT2D eigenvalue weighted by atomic mass is 127. The minimum absolute atomic E-state index is 0. The Morgan fingerprint density at radius 3 is 2.40 bits per heavy atom. The van der Waals surface area contributed by atoms with Crippen LogP contribution in [0.15, 0.2) is 35.3 Å². The summed E-state index contributed by atoms with van der Waals surface area (Å²) in [6.45, 7) is 8.29. The van der Waals surface area contributed by atoms with Crippen LogP contribution < -0.4 is 10.6 Å². The van der Waals surface area contributed by atoms with Gasteiger partial charge in [0.15, 0.2) is 5.96 Å². The Morgan fingerprint density at radius 1 is 1.10 bits per heavy atom. The van der Waals surface area contributed by atoms with Gasteiger partial charge in [0.2, 0.25) is 0 Å². The number of hydrogen-bond donors (Lipinski definition) is 2. The Balaban J connectivity index is 0.00000320. The third-order valence-electron chi connectivity index (χ3n) is 5.91. The maximum Gasteiger partial charge on any atom is 0.191 e. The van der Waals surface area contributed by atoms with Gasteiger partial charge in [0.1, 0.15) is 0 Å². The first-order chi connectivity index (χ1) is 14.2. The Labute approximate surface area is 198 Å². The van der Waals surface area contributed by atoms with Crippen molar-refractivity contribution < 1.29 is 0 Å². The Morgan fingerprint density at radius 2 is 1.80 bits per heavy atom. The molecule has 1 atom stereocenters. The van der Waals surface area contributed by atoms with Crippen molar-refractivity contribution in [3.63, 3.8) is 0 Å². The molecule has 3 rings (SSSR count). The number of nitrogens with zero attached hydrogens (tertiary/aromatic N) is 4. The van der Waals surface area contributed by atoms with Gasteiger partial charge >= 0.3 is 0 Å². The molecule has 1 fully saturated rings. The maximum absolute atomic E-state index is 4.68. The van der Waals surface area contributed by atoms with Gasteiger partial charge in [-0.25, -0.2) is 0 Å². The number of likely N-dealkylation sites (tertiary alicyclic amines) is 1. The summed E-state index contributed by atoms with van der Waals surface area (Å²) in [4.78, 5) is 7.05. The molecule has 0 radical (unpaired) electrons. The minimum Gasteiger partial charge on any atom is -0.354 e. The molecule has 1 aliphatic rings. The lowest BCUT2D eigenvalue weighted by molar-refractivity contribution is 0.245. The molecule has 0 aliphatic carbocycles. The van der Waals surface area contributed by atoms with Crippen molar-refractivity contribution in [1.82, 2.24) is 25.3 Å². The van der Waals surface area contributed by atoms with Crippen LogP contribution in [0.5, 0.6) is 0 Å². The standard InChI is InChI=1S/C23H36N6.HI/c1-5-20-19(21(6-2)28(4)27-20)16-25-23(24-3)26-17-22(29-14-10-11-15-29)18-12-8-7-9-13-18;/h7-9,12-13,22H,5-6,10-11,14-17H2,1-4H3,(H2,24,25,26);1H. The topological polar surface area (TPSA) is 57.5 Å². The van der Waals surface area contributed by atoms with Gasteiger partial charge in [-0.15, -0.1) is 24.0 Å². The highest BCUT2D eigenvalue weighted by Crippen LogP contribution is 2.24. The molecule has 1 aliphatic heterocycles. The van der Waals surface area contributed by atoms with Gasteiger partial charge in [0.05, 0.1) is 11.7 Å². The first kappa shape index (κ1) is 24.7. The lowest BCUT2D eigenvalue weighted by atomic mass is 10.1. The van der Waals surface area contributed by atoms with E-state index in [0.717, 1.165) is 31.9 Å². The molecule has 0 saturated carbocycles. The summed E-state index contributed by atoms with van der Waals surface area (Å²) < 4.78 is 2.02. The average molecular weight is 524 g/mol. The molecule has 30 heavy (non-hydrogen) atoms. The van der Waals surface area contributed by atoms with Gasteiger partial charge in [-0.2, -0.15) is 5.10 Å². The van der Waals surface area contributed by atoms with Crippen molar-refractivity contribution in [2.24, 2.45) is 12.0 Å². The second-order valence-corrected chi connectivity index (χ2v) is 7.68. The fraction of sp³-hybridized carbons (Fsp3) is 0.565. The highest BCUT2D eigenvalue weighted by Gasteiger charge is 2.23. The van der Waals surface area contributed by atoms with Crippen LogP contribution in [-0.4, -0.2) is 47.3 Å². The van der Waals surface area contributed by atoms with Crippen LogP contribution in [0.4, 0.5) is 0 Å². The lowest BCUT2D eigenvalue weighted by Crippen LogP contribution is -2.42. The van der Waals surface area contributed by atoms with Crippen LogP contribution >= 0.6 is 24.0 Å². The fourth-order valence-corrected chi connectivity index (χ4v) is 4.37. The number of aromatic nitrogens is 2. The van der Waals surface area contributed by atoms with Crippen molar-refractivity contribution in [3.05, 3.63) is 52.8 Å².